The van der Waals surface area contributed by atoms with Crippen LogP contribution in [0.15, 0.2) is 17.0 Å². The van der Waals surface area contributed by atoms with E-state index in [1.54, 1.807) is 7.05 Å². The van der Waals surface area contributed by atoms with Crippen molar-refractivity contribution in [3.05, 3.63) is 28.5 Å². The van der Waals surface area contributed by atoms with Gasteiger partial charge in [-0.3, -0.25) is 0 Å². The van der Waals surface area contributed by atoms with Gasteiger partial charge >= 0.3 is 0 Å². The van der Waals surface area contributed by atoms with Crippen LogP contribution < -0.4 is 5.32 Å². The van der Waals surface area contributed by atoms with E-state index in [1.807, 2.05) is 0 Å². The van der Waals surface area contributed by atoms with E-state index in [-0.39, 0.29) is 21.5 Å². The highest BCUT2D eigenvalue weighted by Crippen LogP contribution is 2.29. The van der Waals surface area contributed by atoms with Crippen molar-refractivity contribution in [1.29, 1.82) is 0 Å². The number of rotatable bonds is 3. The van der Waals surface area contributed by atoms with E-state index < -0.39 is 15.8 Å². The van der Waals surface area contributed by atoms with Crippen LogP contribution in [0.2, 0.25) is 5.02 Å². The predicted octanol–water partition coefficient (Wildman–Crippen LogP) is 2.16. The largest absolute Gasteiger partial charge is 0.317 e. The fraction of sp³-hybridized carbons (Fsp3) is 0.538. The molecule has 1 aliphatic rings. The van der Waals surface area contributed by atoms with Gasteiger partial charge in [-0.25, -0.2) is 12.8 Å². The van der Waals surface area contributed by atoms with Gasteiger partial charge in [0.25, 0.3) is 0 Å². The van der Waals surface area contributed by atoms with Crippen LogP contribution in [-0.2, 0) is 10.0 Å². The number of benzene rings is 1. The predicted molar refractivity (Wildman–Crippen MR) is 77.0 cm³/mol. The summed E-state index contributed by atoms with van der Waals surface area (Å²) in [5.41, 5.74) is 0.270. The van der Waals surface area contributed by atoms with Crippen molar-refractivity contribution in [3.8, 4) is 0 Å². The van der Waals surface area contributed by atoms with Gasteiger partial charge < -0.3 is 5.32 Å². The van der Waals surface area contributed by atoms with Crippen LogP contribution >= 0.6 is 11.6 Å². The lowest BCUT2D eigenvalue weighted by Gasteiger charge is -2.31. The van der Waals surface area contributed by atoms with Crippen LogP contribution in [0.4, 0.5) is 4.39 Å². The Morgan fingerprint density at radius 1 is 1.35 bits per heavy atom. The van der Waals surface area contributed by atoms with Crippen LogP contribution in [0, 0.1) is 12.7 Å². The number of hydrogen-bond acceptors (Lipinski definition) is 3. The van der Waals surface area contributed by atoms with E-state index >= 15 is 0 Å². The summed E-state index contributed by atoms with van der Waals surface area (Å²) in [6.45, 7) is 3.11. The molecule has 0 radical (unpaired) electrons. The monoisotopic (exact) mass is 320 g/mol. The summed E-state index contributed by atoms with van der Waals surface area (Å²) < 4.78 is 40.0. The van der Waals surface area contributed by atoms with Gasteiger partial charge in [0, 0.05) is 13.1 Å². The molecule has 1 heterocycles. The number of halogens is 2. The highest BCUT2D eigenvalue weighted by molar-refractivity contribution is 7.89. The Kier molecular flexibility index (Phi) is 4.69. The van der Waals surface area contributed by atoms with Gasteiger partial charge in [0.1, 0.15) is 10.7 Å². The van der Waals surface area contributed by atoms with Gasteiger partial charge in [0.05, 0.1) is 5.02 Å². The molecule has 0 aromatic heterocycles. The van der Waals surface area contributed by atoms with E-state index in [1.165, 1.54) is 17.3 Å². The molecule has 4 nitrogen and oxygen atoms in total. The standard InChI is InChI=1S/C13H18ClFN2O2S/c1-9-7-13(11(14)8-12(9)15)20(18,19)17(2)10-3-5-16-6-4-10/h7-8,10,16H,3-6H2,1-2H3. The minimum atomic E-state index is -3.70. The summed E-state index contributed by atoms with van der Waals surface area (Å²) in [7, 11) is -2.15. The number of nitrogens with one attached hydrogen (secondary N) is 1. The molecule has 1 N–H and O–H groups in total. The number of aryl methyl sites for hydroxylation is 1. The lowest BCUT2D eigenvalue weighted by Crippen LogP contribution is -2.43. The van der Waals surface area contributed by atoms with Crippen LogP contribution in [0.1, 0.15) is 18.4 Å². The first-order chi connectivity index (χ1) is 9.34. The van der Waals surface area contributed by atoms with Gasteiger partial charge in [-0.1, -0.05) is 11.6 Å². The van der Waals surface area contributed by atoms with Crippen molar-refractivity contribution in [2.75, 3.05) is 20.1 Å². The lowest BCUT2D eigenvalue weighted by molar-refractivity contribution is 0.296. The van der Waals surface area contributed by atoms with E-state index in [4.69, 9.17) is 11.6 Å². The average Bonchev–Trinajstić information content (AvgIpc) is 2.42. The highest BCUT2D eigenvalue weighted by Gasteiger charge is 2.31. The van der Waals surface area contributed by atoms with Crippen molar-refractivity contribution in [2.45, 2.75) is 30.7 Å². The molecule has 1 saturated heterocycles. The molecule has 0 unspecified atom stereocenters. The first-order valence-electron chi connectivity index (χ1n) is 6.48. The summed E-state index contributed by atoms with van der Waals surface area (Å²) in [6, 6.07) is 2.30. The average molecular weight is 321 g/mol. The SMILES string of the molecule is Cc1cc(S(=O)(=O)N(C)C2CCNCC2)c(Cl)cc1F. The van der Waals surface area contributed by atoms with Crippen LogP contribution in [-0.4, -0.2) is 38.9 Å². The summed E-state index contributed by atoms with van der Waals surface area (Å²) in [5.74, 6) is -0.501. The van der Waals surface area contributed by atoms with Crippen molar-refractivity contribution >= 4 is 21.6 Å². The molecule has 1 fully saturated rings. The quantitative estimate of drug-likeness (QED) is 0.928. The summed E-state index contributed by atoms with van der Waals surface area (Å²) >= 11 is 5.91. The molecule has 0 amide bonds. The Bertz CT molecular complexity index is 601. The minimum absolute atomic E-state index is 0.0286. The molecule has 0 bridgehead atoms. The summed E-state index contributed by atoms with van der Waals surface area (Å²) in [6.07, 6.45) is 1.51. The maximum atomic E-state index is 13.4. The number of sulfonamides is 1. The highest BCUT2D eigenvalue weighted by atomic mass is 35.5. The van der Waals surface area contributed by atoms with E-state index in [0.29, 0.717) is 0 Å². The number of piperidine rings is 1. The molecule has 1 aliphatic heterocycles. The van der Waals surface area contributed by atoms with E-state index in [2.05, 4.69) is 5.32 Å². The second-order valence-electron chi connectivity index (χ2n) is 5.03. The molecule has 20 heavy (non-hydrogen) atoms. The Morgan fingerprint density at radius 3 is 2.55 bits per heavy atom. The molecular weight excluding hydrogens is 303 g/mol. The summed E-state index contributed by atoms with van der Waals surface area (Å²) in [4.78, 5) is -0.0286. The van der Waals surface area contributed by atoms with Gasteiger partial charge in [0.15, 0.2) is 0 Å². The first kappa shape index (κ1) is 15.7. The summed E-state index contributed by atoms with van der Waals surface area (Å²) in [5, 5.41) is 3.12. The minimum Gasteiger partial charge on any atom is -0.317 e. The van der Waals surface area contributed by atoms with Crippen LogP contribution in [0.25, 0.3) is 0 Å². The molecule has 0 saturated carbocycles. The second kappa shape index (κ2) is 5.97. The Hall–Kier alpha value is -0.690. The Morgan fingerprint density at radius 2 is 1.95 bits per heavy atom. The van der Waals surface area contributed by atoms with Gasteiger partial charge in [-0.15, -0.1) is 0 Å². The van der Waals surface area contributed by atoms with Gasteiger partial charge in [-0.2, -0.15) is 4.31 Å². The molecule has 1 aromatic carbocycles. The fourth-order valence-electron chi connectivity index (χ4n) is 2.35. The zero-order valence-corrected chi connectivity index (χ0v) is 13.1. The Labute approximate surface area is 124 Å². The fourth-order valence-corrected chi connectivity index (χ4v) is 4.34. The third-order valence-electron chi connectivity index (χ3n) is 3.69. The van der Waals surface area contributed by atoms with Crippen molar-refractivity contribution in [3.63, 3.8) is 0 Å². The molecule has 112 valence electrons. The molecule has 1 aromatic rings. The van der Waals surface area contributed by atoms with E-state index in [0.717, 1.165) is 32.0 Å². The van der Waals surface area contributed by atoms with Gasteiger partial charge in [0.2, 0.25) is 10.0 Å². The molecular formula is C13H18ClFN2O2S. The van der Waals surface area contributed by atoms with Crippen molar-refractivity contribution in [1.82, 2.24) is 9.62 Å². The molecule has 7 heteroatoms. The van der Waals surface area contributed by atoms with Crippen molar-refractivity contribution in [2.24, 2.45) is 0 Å². The van der Waals surface area contributed by atoms with Crippen LogP contribution in [0.5, 0.6) is 0 Å². The number of nitrogens with zero attached hydrogens (tertiary/aromatic N) is 1. The zero-order valence-electron chi connectivity index (χ0n) is 11.5. The van der Waals surface area contributed by atoms with Crippen LogP contribution in [0.3, 0.4) is 0 Å². The third kappa shape index (κ3) is 2.98. The molecule has 2 rings (SSSR count). The Balaban J connectivity index is 2.36. The first-order valence-corrected chi connectivity index (χ1v) is 8.30. The molecule has 0 atom stereocenters. The maximum Gasteiger partial charge on any atom is 0.244 e. The molecule has 0 aliphatic carbocycles. The van der Waals surface area contributed by atoms with Crippen molar-refractivity contribution < 1.29 is 12.8 Å². The lowest BCUT2D eigenvalue weighted by atomic mass is 10.1. The van der Waals surface area contributed by atoms with E-state index in [9.17, 15) is 12.8 Å². The third-order valence-corrected chi connectivity index (χ3v) is 6.07. The van der Waals surface area contributed by atoms with Gasteiger partial charge in [-0.05, 0) is 50.6 Å². The molecule has 0 spiro atoms. The second-order valence-corrected chi connectivity index (χ2v) is 7.41. The maximum absolute atomic E-state index is 13.4. The normalized spacial score (nSPS) is 17.6. The zero-order chi connectivity index (χ0) is 14.9. The topological polar surface area (TPSA) is 49.4 Å². The number of hydrogen-bond donors (Lipinski definition) is 1. The smallest absolute Gasteiger partial charge is 0.244 e.